The maximum Gasteiger partial charge on any atom is 0.224 e. The number of carbonyl (C=O) groups is 1. The molecule has 0 aromatic rings. The molecule has 0 saturated heterocycles. The topological polar surface area (TPSA) is 17.1 Å². The van der Waals surface area contributed by atoms with Crippen LogP contribution in [0.5, 0.6) is 0 Å². The van der Waals surface area contributed by atoms with Gasteiger partial charge in [0.05, 0.1) is 0 Å². The molecule has 0 amide bonds. The van der Waals surface area contributed by atoms with E-state index in [2.05, 4.69) is 13.8 Å². The average Bonchev–Trinajstić information content (AvgIpc) is 2.00. The van der Waals surface area contributed by atoms with Crippen molar-refractivity contribution < 1.29 is 4.79 Å². The van der Waals surface area contributed by atoms with Crippen molar-refractivity contribution in [3.8, 4) is 0 Å². The van der Waals surface area contributed by atoms with Gasteiger partial charge in [-0.2, -0.15) is 0 Å². The van der Waals surface area contributed by atoms with Gasteiger partial charge in [-0.05, 0) is 23.9 Å². The second-order valence-electron chi connectivity index (χ2n) is 3.69. The normalized spacial score (nSPS) is 15.7. The number of hydrogen-bond acceptors (Lipinski definition) is 1. The van der Waals surface area contributed by atoms with Gasteiger partial charge in [0, 0.05) is 5.92 Å². The molecule has 1 nitrogen and oxygen atoms in total. The monoisotopic (exact) mass is 190 g/mol. The van der Waals surface area contributed by atoms with Gasteiger partial charge < -0.3 is 0 Å². The van der Waals surface area contributed by atoms with Gasteiger partial charge in [0.1, 0.15) is 0 Å². The molecule has 2 heteroatoms. The molecule has 0 heterocycles. The highest BCUT2D eigenvalue weighted by atomic mass is 35.5. The van der Waals surface area contributed by atoms with E-state index >= 15 is 0 Å². The zero-order chi connectivity index (χ0) is 9.56. The second kappa shape index (κ2) is 6.47. The molecule has 0 fully saturated rings. The molecular weight excluding hydrogens is 172 g/mol. The quantitative estimate of drug-likeness (QED) is 0.585. The molecule has 0 aromatic carbocycles. The number of hydrogen-bond donors (Lipinski definition) is 0. The van der Waals surface area contributed by atoms with Crippen molar-refractivity contribution in [2.24, 2.45) is 11.8 Å². The fourth-order valence-electron chi connectivity index (χ4n) is 1.37. The highest BCUT2D eigenvalue weighted by Gasteiger charge is 2.13. The predicted molar refractivity (Wildman–Crippen MR) is 53.3 cm³/mol. The van der Waals surface area contributed by atoms with Crippen LogP contribution < -0.4 is 0 Å². The Morgan fingerprint density at radius 1 is 1.42 bits per heavy atom. The summed E-state index contributed by atoms with van der Waals surface area (Å²) in [6.45, 7) is 6.27. The van der Waals surface area contributed by atoms with Gasteiger partial charge >= 0.3 is 0 Å². The molecule has 0 radical (unpaired) electrons. The molecule has 0 aliphatic carbocycles. The molecule has 2 atom stereocenters. The van der Waals surface area contributed by atoms with Gasteiger partial charge in [0.15, 0.2) is 0 Å². The minimum absolute atomic E-state index is 0.0264. The third-order valence-corrected chi connectivity index (χ3v) is 2.57. The summed E-state index contributed by atoms with van der Waals surface area (Å²) in [4.78, 5) is 10.7. The van der Waals surface area contributed by atoms with Gasteiger partial charge in [0.2, 0.25) is 5.24 Å². The molecule has 0 rings (SSSR count). The first-order valence-corrected chi connectivity index (χ1v) is 5.15. The number of carbonyl (C=O) groups excluding carboxylic acids is 1. The lowest BCUT2D eigenvalue weighted by Crippen LogP contribution is -2.09. The lowest BCUT2D eigenvalue weighted by atomic mass is 9.94. The molecule has 0 N–H and O–H groups in total. The van der Waals surface area contributed by atoms with E-state index in [1.807, 2.05) is 6.92 Å². The second-order valence-corrected chi connectivity index (χ2v) is 4.06. The lowest BCUT2D eigenvalue weighted by molar-refractivity contribution is -0.115. The molecule has 0 aliphatic heterocycles. The van der Waals surface area contributed by atoms with Crippen LogP contribution in [0.2, 0.25) is 0 Å². The Kier molecular flexibility index (Phi) is 6.45. The van der Waals surface area contributed by atoms with Crippen LogP contribution in [0.4, 0.5) is 0 Å². The zero-order valence-corrected chi connectivity index (χ0v) is 9.03. The van der Waals surface area contributed by atoms with Gasteiger partial charge in [-0.1, -0.05) is 40.0 Å². The van der Waals surface area contributed by atoms with E-state index in [1.165, 1.54) is 19.3 Å². The molecule has 0 saturated carbocycles. The fourth-order valence-corrected chi connectivity index (χ4v) is 1.46. The van der Waals surface area contributed by atoms with E-state index in [4.69, 9.17) is 11.6 Å². The Bertz CT molecular complexity index is 134. The lowest BCUT2D eigenvalue weighted by Gasteiger charge is -2.13. The standard InChI is InChI=1S/C10H19ClO/c1-4-5-6-8(2)7-9(3)10(11)12/h8-9H,4-7H2,1-3H3. The summed E-state index contributed by atoms with van der Waals surface area (Å²) in [5, 5.41) is -0.196. The minimum Gasteiger partial charge on any atom is -0.281 e. The first-order valence-electron chi connectivity index (χ1n) is 4.77. The zero-order valence-electron chi connectivity index (χ0n) is 8.27. The highest BCUT2D eigenvalue weighted by molar-refractivity contribution is 6.63. The Morgan fingerprint density at radius 3 is 2.42 bits per heavy atom. The van der Waals surface area contributed by atoms with Crippen LogP contribution in [0.1, 0.15) is 46.5 Å². The Hall–Kier alpha value is -0.0400. The predicted octanol–water partition coefficient (Wildman–Crippen LogP) is 3.60. The van der Waals surface area contributed by atoms with Crippen LogP contribution in [0.25, 0.3) is 0 Å². The molecule has 0 bridgehead atoms. The third-order valence-electron chi connectivity index (χ3n) is 2.19. The molecular formula is C10H19ClO. The smallest absolute Gasteiger partial charge is 0.224 e. The molecule has 2 unspecified atom stereocenters. The maximum absolute atomic E-state index is 10.7. The van der Waals surface area contributed by atoms with Crippen molar-refractivity contribution in [3.63, 3.8) is 0 Å². The van der Waals surface area contributed by atoms with Crippen LogP contribution in [-0.2, 0) is 4.79 Å². The van der Waals surface area contributed by atoms with Gasteiger partial charge in [-0.15, -0.1) is 0 Å². The summed E-state index contributed by atoms with van der Waals surface area (Å²) in [5.41, 5.74) is 0. The van der Waals surface area contributed by atoms with Crippen molar-refractivity contribution in [1.82, 2.24) is 0 Å². The van der Waals surface area contributed by atoms with Crippen LogP contribution in [0.15, 0.2) is 0 Å². The molecule has 0 spiro atoms. The first kappa shape index (κ1) is 12.0. The number of halogens is 1. The maximum atomic E-state index is 10.7. The summed E-state index contributed by atoms with van der Waals surface area (Å²) in [7, 11) is 0. The molecule has 12 heavy (non-hydrogen) atoms. The van der Waals surface area contributed by atoms with Crippen molar-refractivity contribution >= 4 is 16.8 Å². The van der Waals surface area contributed by atoms with Gasteiger partial charge in [-0.3, -0.25) is 4.79 Å². The summed E-state index contributed by atoms with van der Waals surface area (Å²) in [6.07, 6.45) is 4.63. The van der Waals surface area contributed by atoms with E-state index in [0.29, 0.717) is 5.92 Å². The molecule has 0 aliphatic rings. The van der Waals surface area contributed by atoms with Gasteiger partial charge in [-0.25, -0.2) is 0 Å². The Balaban J connectivity index is 3.53. The number of unbranched alkanes of at least 4 members (excludes halogenated alkanes) is 1. The highest BCUT2D eigenvalue weighted by Crippen LogP contribution is 2.18. The van der Waals surface area contributed by atoms with E-state index in [-0.39, 0.29) is 11.2 Å². The SMILES string of the molecule is CCCCC(C)CC(C)C(=O)Cl. The molecule has 0 aromatic heterocycles. The van der Waals surface area contributed by atoms with E-state index in [9.17, 15) is 4.79 Å². The summed E-state index contributed by atoms with van der Waals surface area (Å²) < 4.78 is 0. The summed E-state index contributed by atoms with van der Waals surface area (Å²) in [5.74, 6) is 0.654. The van der Waals surface area contributed by atoms with Crippen LogP contribution in [-0.4, -0.2) is 5.24 Å². The third kappa shape index (κ3) is 5.59. The van der Waals surface area contributed by atoms with Crippen LogP contribution in [0.3, 0.4) is 0 Å². The van der Waals surface area contributed by atoms with E-state index in [1.54, 1.807) is 0 Å². The van der Waals surface area contributed by atoms with E-state index < -0.39 is 0 Å². The summed E-state index contributed by atoms with van der Waals surface area (Å²) in [6, 6.07) is 0. The van der Waals surface area contributed by atoms with Crippen molar-refractivity contribution in [3.05, 3.63) is 0 Å². The van der Waals surface area contributed by atoms with E-state index in [0.717, 1.165) is 6.42 Å². The summed E-state index contributed by atoms with van der Waals surface area (Å²) >= 11 is 5.37. The van der Waals surface area contributed by atoms with Crippen LogP contribution >= 0.6 is 11.6 Å². The number of rotatable bonds is 6. The van der Waals surface area contributed by atoms with Crippen molar-refractivity contribution in [2.45, 2.75) is 46.5 Å². The Labute approximate surface area is 80.5 Å². The average molecular weight is 191 g/mol. The fraction of sp³-hybridized carbons (Fsp3) is 0.900. The first-order chi connectivity index (χ1) is 5.57. The van der Waals surface area contributed by atoms with Crippen molar-refractivity contribution in [2.75, 3.05) is 0 Å². The largest absolute Gasteiger partial charge is 0.281 e. The van der Waals surface area contributed by atoms with Crippen LogP contribution in [0, 0.1) is 11.8 Å². The van der Waals surface area contributed by atoms with Gasteiger partial charge in [0.25, 0.3) is 0 Å². The molecule has 72 valence electrons. The minimum atomic E-state index is -0.196. The Morgan fingerprint density at radius 2 is 2.00 bits per heavy atom. The van der Waals surface area contributed by atoms with Crippen molar-refractivity contribution in [1.29, 1.82) is 0 Å².